The molecule has 30 heavy (non-hydrogen) atoms. The summed E-state index contributed by atoms with van der Waals surface area (Å²) in [5.41, 5.74) is -2.05. The summed E-state index contributed by atoms with van der Waals surface area (Å²) in [6, 6.07) is 0. The van der Waals surface area contributed by atoms with E-state index < -0.39 is 46.6 Å². The van der Waals surface area contributed by atoms with Gasteiger partial charge < -0.3 is 15.3 Å². The summed E-state index contributed by atoms with van der Waals surface area (Å²) < 4.78 is 0. The fraction of sp³-hybridized carbons (Fsp3) is 0.840. The van der Waals surface area contributed by atoms with E-state index >= 15 is 0 Å². The first-order valence-electron chi connectivity index (χ1n) is 10.9. The van der Waals surface area contributed by atoms with Gasteiger partial charge in [-0.15, -0.1) is 0 Å². The molecule has 0 spiro atoms. The number of aliphatic carboxylic acids is 2. The highest BCUT2D eigenvalue weighted by Crippen LogP contribution is 2.48. The molecule has 0 aliphatic carbocycles. The van der Waals surface area contributed by atoms with Gasteiger partial charge in [0.05, 0.1) is 17.9 Å². The Labute approximate surface area is 184 Å². The van der Waals surface area contributed by atoms with Gasteiger partial charge in [-0.05, 0) is 54.3 Å². The van der Waals surface area contributed by atoms with Crippen LogP contribution in [0.1, 0.15) is 95.4 Å². The van der Waals surface area contributed by atoms with Crippen molar-refractivity contribution in [3.05, 3.63) is 12.2 Å². The number of carbonyl (C=O) groups is 2. The highest BCUT2D eigenvalue weighted by Gasteiger charge is 2.45. The molecule has 176 valence electrons. The number of hydrogen-bond acceptors (Lipinski definition) is 3. The average Bonchev–Trinajstić information content (AvgIpc) is 2.39. The average molecular weight is 427 g/mol. The Morgan fingerprint density at radius 1 is 0.833 bits per heavy atom. The second kappa shape index (κ2) is 9.42. The van der Waals surface area contributed by atoms with Crippen LogP contribution in [0.2, 0.25) is 0 Å². The molecular formula is C25H46O5. The van der Waals surface area contributed by atoms with Gasteiger partial charge >= 0.3 is 11.9 Å². The van der Waals surface area contributed by atoms with Crippen LogP contribution in [0.5, 0.6) is 0 Å². The summed E-state index contributed by atoms with van der Waals surface area (Å²) in [5.74, 6) is -3.76. The molecule has 5 nitrogen and oxygen atoms in total. The van der Waals surface area contributed by atoms with E-state index in [2.05, 4.69) is 40.7 Å². The first kappa shape index (κ1) is 28.6. The van der Waals surface area contributed by atoms with E-state index in [0.717, 1.165) is 6.42 Å². The largest absolute Gasteiger partial charge is 0.481 e. The molecule has 0 aromatic rings. The molecule has 0 aliphatic heterocycles. The van der Waals surface area contributed by atoms with Crippen molar-refractivity contribution in [1.29, 1.82) is 0 Å². The van der Waals surface area contributed by atoms with Crippen LogP contribution < -0.4 is 0 Å². The third-order valence-electron chi connectivity index (χ3n) is 6.34. The molecule has 3 N–H and O–H groups in total. The molecule has 0 amide bonds. The van der Waals surface area contributed by atoms with Crippen molar-refractivity contribution in [3.63, 3.8) is 0 Å². The van der Waals surface area contributed by atoms with Crippen molar-refractivity contribution in [1.82, 2.24) is 0 Å². The van der Waals surface area contributed by atoms with Crippen LogP contribution in [-0.4, -0.2) is 32.9 Å². The highest BCUT2D eigenvalue weighted by molar-refractivity contribution is 5.78. The van der Waals surface area contributed by atoms with Crippen LogP contribution in [0.4, 0.5) is 0 Å². The Morgan fingerprint density at radius 2 is 1.30 bits per heavy atom. The second-order valence-corrected chi connectivity index (χ2v) is 12.8. The van der Waals surface area contributed by atoms with Crippen LogP contribution in [0.3, 0.4) is 0 Å². The number of carboxylic acids is 2. The lowest BCUT2D eigenvalue weighted by Gasteiger charge is -2.46. The van der Waals surface area contributed by atoms with Gasteiger partial charge in [-0.2, -0.15) is 0 Å². The summed E-state index contributed by atoms with van der Waals surface area (Å²) >= 11 is 0. The predicted octanol–water partition coefficient (Wildman–Crippen LogP) is 6.01. The Balaban J connectivity index is 6.27. The zero-order valence-corrected chi connectivity index (χ0v) is 21.1. The Hall–Kier alpha value is -1.36. The van der Waals surface area contributed by atoms with Crippen molar-refractivity contribution in [2.75, 3.05) is 0 Å². The smallest absolute Gasteiger partial charge is 0.307 e. The van der Waals surface area contributed by atoms with Crippen molar-refractivity contribution >= 4 is 11.9 Å². The monoisotopic (exact) mass is 426 g/mol. The van der Waals surface area contributed by atoms with Gasteiger partial charge in [0, 0.05) is 0 Å². The Bertz CT molecular complexity index is 627. The summed E-state index contributed by atoms with van der Waals surface area (Å²) in [6.45, 7) is 22.1. The fourth-order valence-corrected chi connectivity index (χ4v) is 4.76. The van der Waals surface area contributed by atoms with E-state index in [1.165, 1.54) is 0 Å². The quantitative estimate of drug-likeness (QED) is 0.352. The fourth-order valence-electron chi connectivity index (χ4n) is 4.76. The van der Waals surface area contributed by atoms with E-state index in [-0.39, 0.29) is 10.8 Å². The predicted molar refractivity (Wildman–Crippen MR) is 122 cm³/mol. The van der Waals surface area contributed by atoms with E-state index in [9.17, 15) is 24.9 Å². The molecule has 0 radical (unpaired) electrons. The molecule has 0 saturated carbocycles. The molecule has 2 atom stereocenters. The van der Waals surface area contributed by atoms with Gasteiger partial charge in [0.25, 0.3) is 0 Å². The molecule has 0 heterocycles. The first-order chi connectivity index (χ1) is 13.0. The number of rotatable bonds is 11. The van der Waals surface area contributed by atoms with Gasteiger partial charge in [-0.3, -0.25) is 9.59 Å². The van der Waals surface area contributed by atoms with Gasteiger partial charge in [0.2, 0.25) is 0 Å². The zero-order valence-electron chi connectivity index (χ0n) is 21.1. The molecule has 0 aliphatic rings. The van der Waals surface area contributed by atoms with E-state index in [4.69, 9.17) is 0 Å². The number of aliphatic hydroxyl groups is 1. The molecule has 0 bridgehead atoms. The van der Waals surface area contributed by atoms with Gasteiger partial charge in [0.15, 0.2) is 0 Å². The second-order valence-electron chi connectivity index (χ2n) is 12.8. The maximum absolute atomic E-state index is 12.1. The Morgan fingerprint density at radius 3 is 1.63 bits per heavy atom. The molecule has 0 aromatic heterocycles. The Kier molecular flexibility index (Phi) is 8.99. The summed E-state index contributed by atoms with van der Waals surface area (Å²) in [4.78, 5) is 23.5. The van der Waals surface area contributed by atoms with Crippen molar-refractivity contribution in [3.8, 4) is 0 Å². The van der Waals surface area contributed by atoms with Crippen LogP contribution in [0.15, 0.2) is 12.2 Å². The van der Waals surface area contributed by atoms with Gasteiger partial charge in [0.1, 0.15) is 0 Å². The molecular weight excluding hydrogens is 380 g/mol. The van der Waals surface area contributed by atoms with Gasteiger partial charge in [-0.25, -0.2) is 0 Å². The third-order valence-corrected chi connectivity index (χ3v) is 6.34. The highest BCUT2D eigenvalue weighted by atomic mass is 16.4. The molecule has 0 fully saturated rings. The number of hydrogen-bond donors (Lipinski definition) is 3. The van der Waals surface area contributed by atoms with E-state index in [0.29, 0.717) is 6.42 Å². The lowest BCUT2D eigenvalue weighted by atomic mass is 9.60. The lowest BCUT2D eigenvalue weighted by Crippen LogP contribution is -2.45. The molecule has 2 unspecified atom stereocenters. The maximum Gasteiger partial charge on any atom is 0.307 e. The maximum atomic E-state index is 12.1. The number of carboxylic acid groups (broad SMARTS) is 2. The van der Waals surface area contributed by atoms with Crippen LogP contribution in [0.25, 0.3) is 0 Å². The van der Waals surface area contributed by atoms with Crippen molar-refractivity contribution in [2.24, 2.45) is 33.5 Å². The molecule has 0 saturated heterocycles. The standard InChI is InChI=1S/C25H46O5/c1-21(2,3)15-22(4,5)13-12-18(17(20(28)29)14-19(26)27)23(6,7)16-24(8,9)25(10,11)30/h12-13,17-18,30H,14-16H2,1-11H3,(H,26,27)(H,28,29)/b13-12+. The minimum Gasteiger partial charge on any atom is -0.481 e. The van der Waals surface area contributed by atoms with Gasteiger partial charge in [-0.1, -0.05) is 74.5 Å². The first-order valence-corrected chi connectivity index (χ1v) is 10.9. The minimum absolute atomic E-state index is 0.106. The molecule has 0 aromatic carbocycles. The third kappa shape index (κ3) is 9.20. The van der Waals surface area contributed by atoms with Crippen LogP contribution >= 0.6 is 0 Å². The number of allylic oxidation sites excluding steroid dienone is 2. The summed E-state index contributed by atoms with van der Waals surface area (Å²) in [5, 5.41) is 29.9. The molecule has 5 heteroatoms. The minimum atomic E-state index is -1.12. The van der Waals surface area contributed by atoms with E-state index in [1.807, 2.05) is 33.8 Å². The normalized spacial score (nSPS) is 16.5. The summed E-state index contributed by atoms with van der Waals surface area (Å²) in [7, 11) is 0. The van der Waals surface area contributed by atoms with Crippen molar-refractivity contribution < 1.29 is 24.9 Å². The molecule has 0 rings (SSSR count). The summed E-state index contributed by atoms with van der Waals surface area (Å²) in [6.07, 6.45) is 5.00. The van der Waals surface area contributed by atoms with Crippen molar-refractivity contribution in [2.45, 2.75) is 101 Å². The van der Waals surface area contributed by atoms with E-state index in [1.54, 1.807) is 13.8 Å². The van der Waals surface area contributed by atoms with Crippen LogP contribution in [-0.2, 0) is 9.59 Å². The lowest BCUT2D eigenvalue weighted by molar-refractivity contribution is -0.152. The zero-order chi connectivity index (χ0) is 24.3. The SMILES string of the molecule is CC(C)(C)CC(C)(C)/C=C/C(C(CC(=O)O)C(=O)O)C(C)(C)CC(C)(C)C(C)(C)O. The van der Waals surface area contributed by atoms with Crippen LogP contribution in [0, 0.1) is 33.5 Å². The topological polar surface area (TPSA) is 94.8 Å².